The lowest BCUT2D eigenvalue weighted by Gasteiger charge is -2.14. The second kappa shape index (κ2) is 11.3. The van der Waals surface area contributed by atoms with Gasteiger partial charge in [0.05, 0.1) is 11.3 Å². The van der Waals surface area contributed by atoms with E-state index in [1.165, 1.54) is 16.7 Å². The van der Waals surface area contributed by atoms with E-state index in [0.29, 0.717) is 17.0 Å². The molecule has 0 saturated carbocycles. The SMILES string of the molecule is C[C@H](CNC(=O)COC(=O)c1ccccc1SCC(=O)N(C)C)c1ccccc1. The van der Waals surface area contributed by atoms with Crippen LogP contribution in [0.1, 0.15) is 28.8 Å². The summed E-state index contributed by atoms with van der Waals surface area (Å²) in [5.74, 6) is -0.618. The lowest BCUT2D eigenvalue weighted by atomic mass is 10.0. The van der Waals surface area contributed by atoms with Crippen molar-refractivity contribution in [2.75, 3.05) is 33.0 Å². The first-order valence-corrected chi connectivity index (χ1v) is 10.3. The number of benzene rings is 2. The van der Waals surface area contributed by atoms with E-state index in [2.05, 4.69) is 5.32 Å². The van der Waals surface area contributed by atoms with Crippen LogP contribution in [0, 0.1) is 0 Å². The predicted molar refractivity (Wildman–Crippen MR) is 114 cm³/mol. The van der Waals surface area contributed by atoms with Gasteiger partial charge in [-0.2, -0.15) is 0 Å². The van der Waals surface area contributed by atoms with Gasteiger partial charge < -0.3 is 15.0 Å². The fraction of sp³-hybridized carbons (Fsp3) is 0.318. The minimum Gasteiger partial charge on any atom is -0.452 e. The van der Waals surface area contributed by atoms with E-state index < -0.39 is 5.97 Å². The molecular formula is C22H26N2O4S. The Labute approximate surface area is 175 Å². The molecule has 0 aromatic heterocycles. The van der Waals surface area contributed by atoms with Crippen molar-refractivity contribution < 1.29 is 19.1 Å². The van der Waals surface area contributed by atoms with E-state index in [1.807, 2.05) is 37.3 Å². The summed E-state index contributed by atoms with van der Waals surface area (Å²) in [6.45, 7) is 2.12. The summed E-state index contributed by atoms with van der Waals surface area (Å²) in [6.07, 6.45) is 0. The summed E-state index contributed by atoms with van der Waals surface area (Å²) < 4.78 is 5.16. The average molecular weight is 415 g/mol. The van der Waals surface area contributed by atoms with Crippen molar-refractivity contribution in [1.29, 1.82) is 0 Å². The van der Waals surface area contributed by atoms with Gasteiger partial charge in [0.1, 0.15) is 0 Å². The number of amides is 2. The standard InChI is InChI=1S/C22H26N2O4S/c1-16(17-9-5-4-6-10-17)13-23-20(25)14-28-22(27)18-11-7-8-12-19(18)29-15-21(26)24(2)3/h4-12,16H,13-15H2,1-3H3,(H,23,25)/t16-/m1/s1. The van der Waals surface area contributed by atoms with Crippen molar-refractivity contribution in [3.8, 4) is 0 Å². The lowest BCUT2D eigenvalue weighted by Crippen LogP contribution is -2.31. The molecule has 2 rings (SSSR count). The van der Waals surface area contributed by atoms with Crippen LogP contribution in [0.25, 0.3) is 0 Å². The highest BCUT2D eigenvalue weighted by Gasteiger charge is 2.16. The minimum absolute atomic E-state index is 0.0508. The molecule has 0 fully saturated rings. The van der Waals surface area contributed by atoms with Crippen molar-refractivity contribution in [3.05, 3.63) is 65.7 Å². The molecule has 0 heterocycles. The van der Waals surface area contributed by atoms with E-state index in [0.717, 1.165) is 5.56 Å². The monoisotopic (exact) mass is 414 g/mol. The Bertz CT molecular complexity index is 840. The van der Waals surface area contributed by atoms with Crippen LogP contribution >= 0.6 is 11.8 Å². The van der Waals surface area contributed by atoms with E-state index in [4.69, 9.17) is 4.74 Å². The quantitative estimate of drug-likeness (QED) is 0.504. The Balaban J connectivity index is 1.84. The molecule has 0 aliphatic heterocycles. The number of carbonyl (C=O) groups excluding carboxylic acids is 3. The third kappa shape index (κ3) is 7.27. The van der Waals surface area contributed by atoms with Crippen molar-refractivity contribution in [2.45, 2.75) is 17.7 Å². The largest absolute Gasteiger partial charge is 0.452 e. The Morgan fingerprint density at radius 2 is 1.69 bits per heavy atom. The first-order valence-electron chi connectivity index (χ1n) is 9.29. The fourth-order valence-electron chi connectivity index (χ4n) is 2.46. The highest BCUT2D eigenvalue weighted by atomic mass is 32.2. The summed E-state index contributed by atoms with van der Waals surface area (Å²) in [7, 11) is 3.36. The highest BCUT2D eigenvalue weighted by molar-refractivity contribution is 8.00. The lowest BCUT2D eigenvalue weighted by molar-refractivity contribution is -0.126. The summed E-state index contributed by atoms with van der Waals surface area (Å²) in [5.41, 5.74) is 1.47. The van der Waals surface area contributed by atoms with Crippen LogP contribution in [0.2, 0.25) is 0 Å². The van der Waals surface area contributed by atoms with Gasteiger partial charge in [0, 0.05) is 25.5 Å². The van der Waals surface area contributed by atoms with Gasteiger partial charge >= 0.3 is 5.97 Å². The molecular weight excluding hydrogens is 388 g/mol. The van der Waals surface area contributed by atoms with Gasteiger partial charge in [-0.3, -0.25) is 9.59 Å². The molecule has 7 heteroatoms. The number of carbonyl (C=O) groups is 3. The number of esters is 1. The predicted octanol–water partition coefficient (Wildman–Crippen LogP) is 2.94. The van der Waals surface area contributed by atoms with Gasteiger partial charge in [0.15, 0.2) is 6.61 Å². The van der Waals surface area contributed by atoms with E-state index in [1.54, 1.807) is 38.4 Å². The maximum Gasteiger partial charge on any atom is 0.339 e. The molecule has 6 nitrogen and oxygen atoms in total. The number of hydrogen-bond donors (Lipinski definition) is 1. The molecule has 0 spiro atoms. The van der Waals surface area contributed by atoms with Gasteiger partial charge in [-0.15, -0.1) is 11.8 Å². The Kier molecular flexibility index (Phi) is 8.73. The number of hydrogen-bond acceptors (Lipinski definition) is 5. The molecule has 0 saturated heterocycles. The van der Waals surface area contributed by atoms with Gasteiger partial charge in [-0.25, -0.2) is 4.79 Å². The number of nitrogens with zero attached hydrogens (tertiary/aromatic N) is 1. The highest BCUT2D eigenvalue weighted by Crippen LogP contribution is 2.23. The van der Waals surface area contributed by atoms with Crippen LogP contribution in [0.3, 0.4) is 0 Å². The third-order valence-corrected chi connectivity index (χ3v) is 5.32. The first-order chi connectivity index (χ1) is 13.9. The molecule has 29 heavy (non-hydrogen) atoms. The van der Waals surface area contributed by atoms with Gasteiger partial charge in [0.25, 0.3) is 5.91 Å². The number of thioether (sulfide) groups is 1. The molecule has 0 aliphatic rings. The van der Waals surface area contributed by atoms with Crippen molar-refractivity contribution in [1.82, 2.24) is 10.2 Å². The van der Waals surface area contributed by atoms with Gasteiger partial charge in [-0.1, -0.05) is 49.4 Å². The van der Waals surface area contributed by atoms with Crippen LogP contribution in [-0.4, -0.2) is 55.7 Å². The zero-order valence-corrected chi connectivity index (χ0v) is 17.7. The Morgan fingerprint density at radius 1 is 1.03 bits per heavy atom. The van der Waals surface area contributed by atoms with Gasteiger partial charge in [0.2, 0.25) is 5.91 Å². The second-order valence-corrected chi connectivity index (χ2v) is 7.78. The molecule has 0 bridgehead atoms. The summed E-state index contributed by atoms with van der Waals surface area (Å²) in [4.78, 5) is 38.4. The van der Waals surface area contributed by atoms with Crippen LogP contribution in [-0.2, 0) is 14.3 Å². The Hall–Kier alpha value is -2.80. The average Bonchev–Trinajstić information content (AvgIpc) is 2.74. The minimum atomic E-state index is -0.586. The zero-order valence-electron chi connectivity index (χ0n) is 16.9. The second-order valence-electron chi connectivity index (χ2n) is 6.76. The third-order valence-electron chi connectivity index (χ3n) is 4.27. The summed E-state index contributed by atoms with van der Waals surface area (Å²) >= 11 is 1.27. The molecule has 1 atom stereocenters. The topological polar surface area (TPSA) is 75.7 Å². The summed E-state index contributed by atoms with van der Waals surface area (Å²) in [5, 5.41) is 2.78. The molecule has 154 valence electrons. The number of rotatable bonds is 9. The van der Waals surface area contributed by atoms with Crippen molar-refractivity contribution in [3.63, 3.8) is 0 Å². The maximum atomic E-state index is 12.4. The molecule has 0 radical (unpaired) electrons. The van der Waals surface area contributed by atoms with E-state index >= 15 is 0 Å². The van der Waals surface area contributed by atoms with E-state index in [9.17, 15) is 14.4 Å². The van der Waals surface area contributed by atoms with Crippen molar-refractivity contribution in [2.24, 2.45) is 0 Å². The maximum absolute atomic E-state index is 12.4. The molecule has 0 unspecified atom stereocenters. The molecule has 2 aromatic rings. The van der Waals surface area contributed by atoms with Crippen molar-refractivity contribution >= 4 is 29.5 Å². The van der Waals surface area contributed by atoms with E-state index in [-0.39, 0.29) is 30.1 Å². The van der Waals surface area contributed by atoms with Crippen LogP contribution in [0.4, 0.5) is 0 Å². The smallest absolute Gasteiger partial charge is 0.339 e. The molecule has 0 aliphatic carbocycles. The number of nitrogens with one attached hydrogen (secondary N) is 1. The van der Waals surface area contributed by atoms with Crippen LogP contribution in [0.5, 0.6) is 0 Å². The van der Waals surface area contributed by atoms with Crippen LogP contribution < -0.4 is 5.32 Å². The normalized spacial score (nSPS) is 11.4. The fourth-order valence-corrected chi connectivity index (χ4v) is 3.47. The molecule has 1 N–H and O–H groups in total. The first kappa shape index (κ1) is 22.5. The molecule has 2 amide bonds. The molecule has 2 aromatic carbocycles. The summed E-state index contributed by atoms with van der Waals surface area (Å²) in [6, 6.07) is 16.8. The van der Waals surface area contributed by atoms with Crippen LogP contribution in [0.15, 0.2) is 59.5 Å². The zero-order chi connectivity index (χ0) is 21.2. The number of ether oxygens (including phenoxy) is 1. The Morgan fingerprint density at radius 3 is 2.38 bits per heavy atom. The van der Waals surface area contributed by atoms with Gasteiger partial charge in [-0.05, 0) is 23.6 Å².